The van der Waals surface area contributed by atoms with Crippen molar-refractivity contribution in [1.29, 1.82) is 0 Å². The quantitative estimate of drug-likeness (QED) is 0.696. The van der Waals surface area contributed by atoms with Crippen LogP contribution in [0.4, 0.5) is 0 Å². The molecule has 1 N–H and O–H groups in total. The number of hydrogen-bond donors (Lipinski definition) is 1. The molecule has 3 aromatic rings. The molecule has 0 atom stereocenters. The van der Waals surface area contributed by atoms with Gasteiger partial charge in [0.25, 0.3) is 0 Å². The van der Waals surface area contributed by atoms with Crippen molar-refractivity contribution in [1.82, 2.24) is 24.9 Å². The minimum Gasteiger partial charge on any atom is -0.348 e. The molecule has 26 heavy (non-hydrogen) atoms. The van der Waals surface area contributed by atoms with Gasteiger partial charge >= 0.3 is 0 Å². The van der Waals surface area contributed by atoms with E-state index in [1.807, 2.05) is 37.0 Å². The molecule has 1 aromatic carbocycles. The number of nitrogens with one attached hydrogen (secondary N) is 1. The Morgan fingerprint density at radius 1 is 1.23 bits per heavy atom. The average Bonchev–Trinajstić information content (AvgIpc) is 3.16. The predicted molar refractivity (Wildman–Crippen MR) is 101 cm³/mol. The molecule has 0 aliphatic carbocycles. The number of amides is 1. The Morgan fingerprint density at radius 2 is 2.04 bits per heavy atom. The Hall–Kier alpha value is -3.15. The lowest BCUT2D eigenvalue weighted by Crippen LogP contribution is -2.20. The molecule has 0 unspecified atom stereocenters. The maximum absolute atomic E-state index is 12.0. The third-order valence-corrected chi connectivity index (χ3v) is 4.05. The molecule has 0 aliphatic heterocycles. The van der Waals surface area contributed by atoms with E-state index in [0.717, 1.165) is 34.6 Å². The monoisotopic (exact) mass is 349 g/mol. The third kappa shape index (κ3) is 4.69. The maximum Gasteiger partial charge on any atom is 0.244 e. The van der Waals surface area contributed by atoms with Crippen LogP contribution in [0.1, 0.15) is 28.1 Å². The van der Waals surface area contributed by atoms with Crippen molar-refractivity contribution in [2.45, 2.75) is 26.9 Å². The molecule has 0 saturated carbocycles. The Labute approximate surface area is 153 Å². The SMILES string of the molecule is Cc1cc(C)n(Cc2cccc(CNC(=O)C=Cc3cnn(C)c3)c2)n1. The Bertz CT molecular complexity index is 935. The largest absolute Gasteiger partial charge is 0.348 e. The number of nitrogens with zero attached hydrogens (tertiary/aromatic N) is 4. The molecule has 1 amide bonds. The normalized spacial score (nSPS) is 11.2. The number of carbonyl (C=O) groups is 1. The van der Waals surface area contributed by atoms with E-state index in [0.29, 0.717) is 6.54 Å². The van der Waals surface area contributed by atoms with E-state index in [1.165, 1.54) is 6.08 Å². The van der Waals surface area contributed by atoms with Crippen molar-refractivity contribution in [3.05, 3.63) is 76.9 Å². The first-order chi connectivity index (χ1) is 12.5. The second-order valence-electron chi connectivity index (χ2n) is 6.40. The van der Waals surface area contributed by atoms with Crippen LogP contribution in [0.5, 0.6) is 0 Å². The van der Waals surface area contributed by atoms with E-state index in [4.69, 9.17) is 0 Å². The zero-order valence-corrected chi connectivity index (χ0v) is 15.3. The summed E-state index contributed by atoms with van der Waals surface area (Å²) in [4.78, 5) is 12.0. The number of carbonyl (C=O) groups excluding carboxylic acids is 1. The summed E-state index contributed by atoms with van der Waals surface area (Å²) in [5.74, 6) is -0.127. The molecular formula is C20H23N5O. The van der Waals surface area contributed by atoms with Crippen molar-refractivity contribution in [3.63, 3.8) is 0 Å². The fourth-order valence-electron chi connectivity index (χ4n) is 2.79. The molecule has 0 fully saturated rings. The van der Waals surface area contributed by atoms with E-state index in [2.05, 4.69) is 40.6 Å². The first-order valence-corrected chi connectivity index (χ1v) is 8.53. The van der Waals surface area contributed by atoms with Gasteiger partial charge in [-0.15, -0.1) is 0 Å². The molecule has 0 aliphatic rings. The van der Waals surface area contributed by atoms with Gasteiger partial charge in [-0.25, -0.2) is 0 Å². The Morgan fingerprint density at radius 3 is 2.73 bits per heavy atom. The second kappa shape index (κ2) is 7.82. The van der Waals surface area contributed by atoms with E-state index in [-0.39, 0.29) is 5.91 Å². The summed E-state index contributed by atoms with van der Waals surface area (Å²) < 4.78 is 3.69. The lowest BCUT2D eigenvalue weighted by Gasteiger charge is -2.08. The number of hydrogen-bond acceptors (Lipinski definition) is 3. The van der Waals surface area contributed by atoms with E-state index in [1.54, 1.807) is 17.0 Å². The van der Waals surface area contributed by atoms with Gasteiger partial charge in [-0.2, -0.15) is 10.2 Å². The maximum atomic E-state index is 12.0. The lowest BCUT2D eigenvalue weighted by molar-refractivity contribution is -0.116. The van der Waals surface area contributed by atoms with Crippen molar-refractivity contribution < 1.29 is 4.79 Å². The highest BCUT2D eigenvalue weighted by Crippen LogP contribution is 2.10. The highest BCUT2D eigenvalue weighted by molar-refractivity contribution is 5.91. The number of rotatable bonds is 6. The van der Waals surface area contributed by atoms with Crippen LogP contribution in [0.3, 0.4) is 0 Å². The fraction of sp³-hybridized carbons (Fsp3) is 0.250. The van der Waals surface area contributed by atoms with Crippen molar-refractivity contribution >= 4 is 12.0 Å². The van der Waals surface area contributed by atoms with Crippen molar-refractivity contribution in [2.24, 2.45) is 7.05 Å². The highest BCUT2D eigenvalue weighted by Gasteiger charge is 2.04. The van der Waals surface area contributed by atoms with Crippen LogP contribution in [-0.4, -0.2) is 25.5 Å². The van der Waals surface area contributed by atoms with Gasteiger partial charge in [-0.1, -0.05) is 24.3 Å². The zero-order chi connectivity index (χ0) is 18.5. The van der Waals surface area contributed by atoms with E-state index in [9.17, 15) is 4.79 Å². The van der Waals surface area contributed by atoms with Gasteiger partial charge < -0.3 is 5.32 Å². The van der Waals surface area contributed by atoms with Gasteiger partial charge in [0.1, 0.15) is 0 Å². The molecule has 2 heterocycles. The molecule has 0 radical (unpaired) electrons. The summed E-state index contributed by atoms with van der Waals surface area (Å²) in [5, 5.41) is 11.5. The van der Waals surface area contributed by atoms with Crippen LogP contribution >= 0.6 is 0 Å². The van der Waals surface area contributed by atoms with E-state index < -0.39 is 0 Å². The molecule has 6 nitrogen and oxygen atoms in total. The minimum atomic E-state index is -0.127. The van der Waals surface area contributed by atoms with Crippen LogP contribution in [-0.2, 0) is 24.9 Å². The first kappa shape index (κ1) is 17.7. The molecular weight excluding hydrogens is 326 g/mol. The Balaban J connectivity index is 1.57. The predicted octanol–water partition coefficient (Wildman–Crippen LogP) is 2.61. The summed E-state index contributed by atoms with van der Waals surface area (Å²) in [7, 11) is 1.84. The molecule has 0 saturated heterocycles. The molecule has 6 heteroatoms. The number of benzene rings is 1. The fourth-order valence-corrected chi connectivity index (χ4v) is 2.79. The van der Waals surface area contributed by atoms with Gasteiger partial charge in [-0.05, 0) is 37.1 Å². The van der Waals surface area contributed by atoms with Crippen LogP contribution < -0.4 is 5.32 Å². The minimum absolute atomic E-state index is 0.127. The smallest absolute Gasteiger partial charge is 0.244 e. The zero-order valence-electron chi connectivity index (χ0n) is 15.3. The lowest BCUT2D eigenvalue weighted by atomic mass is 10.1. The molecule has 134 valence electrons. The summed E-state index contributed by atoms with van der Waals surface area (Å²) >= 11 is 0. The van der Waals surface area contributed by atoms with Crippen molar-refractivity contribution in [3.8, 4) is 0 Å². The molecule has 2 aromatic heterocycles. The van der Waals surface area contributed by atoms with Crippen LogP contribution in [0.25, 0.3) is 6.08 Å². The second-order valence-corrected chi connectivity index (χ2v) is 6.40. The summed E-state index contributed by atoms with van der Waals surface area (Å²) in [6, 6.07) is 10.3. The molecule has 0 spiro atoms. The Kier molecular flexibility index (Phi) is 5.31. The summed E-state index contributed by atoms with van der Waals surface area (Å²) in [5.41, 5.74) is 5.28. The van der Waals surface area contributed by atoms with Gasteiger partial charge in [0, 0.05) is 37.1 Å². The summed E-state index contributed by atoms with van der Waals surface area (Å²) in [6.45, 7) is 5.26. The first-order valence-electron chi connectivity index (χ1n) is 8.53. The molecule has 0 bridgehead atoms. The van der Waals surface area contributed by atoms with E-state index >= 15 is 0 Å². The van der Waals surface area contributed by atoms with Gasteiger partial charge in [-0.3, -0.25) is 14.2 Å². The van der Waals surface area contributed by atoms with Crippen LogP contribution in [0.2, 0.25) is 0 Å². The third-order valence-electron chi connectivity index (χ3n) is 4.05. The van der Waals surface area contributed by atoms with Crippen LogP contribution in [0.15, 0.2) is 48.8 Å². The molecule has 3 rings (SSSR count). The number of aromatic nitrogens is 4. The van der Waals surface area contributed by atoms with Crippen molar-refractivity contribution in [2.75, 3.05) is 0 Å². The summed E-state index contributed by atoms with van der Waals surface area (Å²) in [6.07, 6.45) is 6.84. The van der Waals surface area contributed by atoms with Crippen LogP contribution in [0, 0.1) is 13.8 Å². The standard InChI is InChI=1S/C20H23N5O/c1-15-9-16(2)25(23-15)14-18-6-4-5-17(10-18)11-21-20(26)8-7-19-12-22-24(3)13-19/h4-10,12-13H,11,14H2,1-3H3,(H,21,26). The topological polar surface area (TPSA) is 64.7 Å². The van der Waals surface area contributed by atoms with Gasteiger partial charge in [0.05, 0.1) is 18.4 Å². The van der Waals surface area contributed by atoms with Gasteiger partial charge in [0.15, 0.2) is 0 Å². The average molecular weight is 349 g/mol. The van der Waals surface area contributed by atoms with Gasteiger partial charge in [0.2, 0.25) is 5.91 Å². The highest BCUT2D eigenvalue weighted by atomic mass is 16.1. The number of aryl methyl sites for hydroxylation is 3.